The van der Waals surface area contributed by atoms with Gasteiger partial charge in [0.15, 0.2) is 0 Å². The van der Waals surface area contributed by atoms with E-state index in [2.05, 4.69) is 18.2 Å². The van der Waals surface area contributed by atoms with Gasteiger partial charge in [-0.25, -0.2) is 0 Å². The molecule has 1 aliphatic heterocycles. The highest BCUT2D eigenvalue weighted by atomic mass is 32.1. The number of nitrogens with zero attached hydrogens (tertiary/aromatic N) is 1. The maximum absolute atomic E-state index is 12.9. The SMILES string of the molecule is O=C(O)CC1CN(C(=O)c2cc3c(s2)-c2ccccc2CC3)CCO1. The number of aliphatic carboxylic acids is 1. The van der Waals surface area contributed by atoms with Gasteiger partial charge in [-0.1, -0.05) is 24.3 Å². The predicted octanol–water partition coefficient (Wildman–Crippen LogP) is 2.83. The Hall–Kier alpha value is -2.18. The van der Waals surface area contributed by atoms with Crippen LogP contribution < -0.4 is 0 Å². The highest BCUT2D eigenvalue weighted by molar-refractivity contribution is 7.17. The normalized spacial score (nSPS) is 19.2. The average molecular weight is 357 g/mol. The van der Waals surface area contributed by atoms with Crippen LogP contribution in [0.5, 0.6) is 0 Å². The van der Waals surface area contributed by atoms with Gasteiger partial charge in [-0.2, -0.15) is 0 Å². The van der Waals surface area contributed by atoms with E-state index in [1.807, 2.05) is 12.1 Å². The molecule has 1 aliphatic carbocycles. The zero-order valence-electron chi connectivity index (χ0n) is 13.7. The first-order valence-electron chi connectivity index (χ1n) is 8.45. The number of rotatable bonds is 3. The molecule has 4 rings (SSSR count). The summed E-state index contributed by atoms with van der Waals surface area (Å²) in [5, 5.41) is 8.93. The van der Waals surface area contributed by atoms with E-state index in [1.165, 1.54) is 21.6 Å². The third-order valence-electron chi connectivity index (χ3n) is 4.77. The van der Waals surface area contributed by atoms with Gasteiger partial charge in [-0.3, -0.25) is 9.59 Å². The number of benzene rings is 1. The Labute approximate surface area is 149 Å². The lowest BCUT2D eigenvalue weighted by molar-refractivity contribution is -0.141. The second-order valence-electron chi connectivity index (χ2n) is 6.46. The number of carbonyl (C=O) groups is 2. The van der Waals surface area contributed by atoms with Crippen molar-refractivity contribution in [3.63, 3.8) is 0 Å². The maximum Gasteiger partial charge on any atom is 0.306 e. The van der Waals surface area contributed by atoms with E-state index < -0.39 is 12.1 Å². The molecule has 6 heteroatoms. The summed E-state index contributed by atoms with van der Waals surface area (Å²) in [4.78, 5) is 27.4. The molecule has 25 heavy (non-hydrogen) atoms. The molecule has 1 aromatic carbocycles. The summed E-state index contributed by atoms with van der Waals surface area (Å²) in [6.45, 7) is 1.23. The maximum atomic E-state index is 12.9. The molecule has 0 bridgehead atoms. The summed E-state index contributed by atoms with van der Waals surface area (Å²) >= 11 is 1.55. The second-order valence-corrected chi connectivity index (χ2v) is 7.52. The molecule has 1 fully saturated rings. The first-order chi connectivity index (χ1) is 12.1. The van der Waals surface area contributed by atoms with Gasteiger partial charge in [-0.05, 0) is 35.6 Å². The zero-order chi connectivity index (χ0) is 17.4. The molecular weight excluding hydrogens is 338 g/mol. The van der Waals surface area contributed by atoms with Crippen LogP contribution in [0.4, 0.5) is 0 Å². The quantitative estimate of drug-likeness (QED) is 0.917. The van der Waals surface area contributed by atoms with Gasteiger partial charge in [-0.15, -0.1) is 11.3 Å². The largest absolute Gasteiger partial charge is 0.481 e. The summed E-state index contributed by atoms with van der Waals surface area (Å²) in [6, 6.07) is 10.4. The van der Waals surface area contributed by atoms with Gasteiger partial charge < -0.3 is 14.7 Å². The van der Waals surface area contributed by atoms with E-state index in [4.69, 9.17) is 9.84 Å². The first-order valence-corrected chi connectivity index (χ1v) is 9.27. The highest BCUT2D eigenvalue weighted by Crippen LogP contribution is 2.39. The minimum absolute atomic E-state index is 0.0180. The monoisotopic (exact) mass is 357 g/mol. The van der Waals surface area contributed by atoms with Crippen LogP contribution in [0.2, 0.25) is 0 Å². The number of carbonyl (C=O) groups excluding carboxylic acids is 1. The molecule has 130 valence electrons. The van der Waals surface area contributed by atoms with Crippen molar-refractivity contribution in [3.05, 3.63) is 46.3 Å². The Balaban J connectivity index is 1.56. The van der Waals surface area contributed by atoms with Gasteiger partial charge in [0.25, 0.3) is 5.91 Å². The molecule has 1 saturated heterocycles. The van der Waals surface area contributed by atoms with Crippen molar-refractivity contribution >= 4 is 23.2 Å². The summed E-state index contributed by atoms with van der Waals surface area (Å²) in [6.07, 6.45) is 1.47. The second kappa shape index (κ2) is 6.61. The predicted molar refractivity (Wildman–Crippen MR) is 95.1 cm³/mol. The van der Waals surface area contributed by atoms with Crippen LogP contribution in [-0.2, 0) is 22.4 Å². The van der Waals surface area contributed by atoms with Crippen molar-refractivity contribution in [2.75, 3.05) is 19.7 Å². The smallest absolute Gasteiger partial charge is 0.306 e. The fraction of sp³-hybridized carbons (Fsp3) is 0.368. The van der Waals surface area contributed by atoms with Crippen LogP contribution in [0.3, 0.4) is 0 Å². The van der Waals surface area contributed by atoms with E-state index in [0.29, 0.717) is 19.7 Å². The van der Waals surface area contributed by atoms with E-state index in [0.717, 1.165) is 17.7 Å². The van der Waals surface area contributed by atoms with Crippen LogP contribution in [0.15, 0.2) is 30.3 Å². The van der Waals surface area contributed by atoms with Crippen molar-refractivity contribution in [1.29, 1.82) is 0 Å². The summed E-state index contributed by atoms with van der Waals surface area (Å²) in [7, 11) is 0. The first kappa shape index (κ1) is 16.3. The van der Waals surface area contributed by atoms with E-state index >= 15 is 0 Å². The number of fused-ring (bicyclic) bond motifs is 3. The molecule has 1 amide bonds. The van der Waals surface area contributed by atoms with Gasteiger partial charge in [0.2, 0.25) is 0 Å². The molecule has 0 saturated carbocycles. The van der Waals surface area contributed by atoms with E-state index in [9.17, 15) is 9.59 Å². The third-order valence-corrected chi connectivity index (χ3v) is 5.97. The minimum atomic E-state index is -0.900. The molecule has 0 radical (unpaired) electrons. The van der Waals surface area contributed by atoms with Crippen LogP contribution in [0.1, 0.15) is 27.2 Å². The lowest BCUT2D eigenvalue weighted by Crippen LogP contribution is -2.46. The Morgan fingerprint density at radius 2 is 2.04 bits per heavy atom. The van der Waals surface area contributed by atoms with Crippen LogP contribution in [0, 0.1) is 0 Å². The minimum Gasteiger partial charge on any atom is -0.481 e. The highest BCUT2D eigenvalue weighted by Gasteiger charge is 2.29. The number of ether oxygens (including phenoxy) is 1. The van der Waals surface area contributed by atoms with Crippen LogP contribution in [-0.4, -0.2) is 47.7 Å². The number of carboxylic acids is 1. The Morgan fingerprint density at radius 3 is 2.88 bits per heavy atom. The molecule has 2 aliphatic rings. The Bertz CT molecular complexity index is 829. The number of thiophene rings is 1. The Kier molecular flexibility index (Phi) is 4.31. The van der Waals surface area contributed by atoms with Crippen LogP contribution in [0.25, 0.3) is 10.4 Å². The van der Waals surface area contributed by atoms with E-state index in [1.54, 1.807) is 16.2 Å². The number of carboxylic acid groups (broad SMARTS) is 1. The van der Waals surface area contributed by atoms with Crippen molar-refractivity contribution in [3.8, 4) is 10.4 Å². The molecule has 2 aromatic rings. The van der Waals surface area contributed by atoms with Gasteiger partial charge in [0.1, 0.15) is 0 Å². The molecule has 0 spiro atoms. The van der Waals surface area contributed by atoms with Crippen molar-refractivity contribution < 1.29 is 19.4 Å². The van der Waals surface area contributed by atoms with Gasteiger partial charge in [0.05, 0.1) is 24.0 Å². The molecule has 1 aromatic heterocycles. The Morgan fingerprint density at radius 1 is 1.24 bits per heavy atom. The number of hydrogen-bond acceptors (Lipinski definition) is 4. The molecule has 5 nitrogen and oxygen atoms in total. The molecule has 1 atom stereocenters. The molecule has 1 unspecified atom stereocenters. The third kappa shape index (κ3) is 3.19. The van der Waals surface area contributed by atoms with Crippen LogP contribution >= 0.6 is 11.3 Å². The average Bonchev–Trinajstić information content (AvgIpc) is 3.05. The molecule has 1 N–H and O–H groups in total. The van der Waals surface area contributed by atoms with Crippen molar-refractivity contribution in [1.82, 2.24) is 4.90 Å². The lowest BCUT2D eigenvalue weighted by atomic mass is 9.91. The van der Waals surface area contributed by atoms with Gasteiger partial charge in [0, 0.05) is 18.0 Å². The number of aryl methyl sites for hydroxylation is 2. The standard InChI is InChI=1S/C19H19NO4S/c21-17(22)10-14-11-20(7-8-24-14)19(23)16-9-13-6-5-12-3-1-2-4-15(12)18(13)25-16/h1-4,9,14H,5-8,10-11H2,(H,21,22). The summed E-state index contributed by atoms with van der Waals surface area (Å²) in [5.74, 6) is -0.918. The number of amides is 1. The number of hydrogen-bond donors (Lipinski definition) is 1. The fourth-order valence-corrected chi connectivity index (χ4v) is 4.79. The number of morpholine rings is 1. The molecular formula is C19H19NO4S. The topological polar surface area (TPSA) is 66.8 Å². The zero-order valence-corrected chi connectivity index (χ0v) is 14.6. The fourth-order valence-electron chi connectivity index (χ4n) is 3.55. The van der Waals surface area contributed by atoms with E-state index in [-0.39, 0.29) is 12.3 Å². The summed E-state index contributed by atoms with van der Waals surface area (Å²) in [5.41, 5.74) is 3.81. The van der Waals surface area contributed by atoms with Gasteiger partial charge >= 0.3 is 5.97 Å². The molecule has 2 heterocycles. The summed E-state index contributed by atoms with van der Waals surface area (Å²) < 4.78 is 5.46. The van der Waals surface area contributed by atoms with Crippen molar-refractivity contribution in [2.45, 2.75) is 25.4 Å². The lowest BCUT2D eigenvalue weighted by Gasteiger charge is -2.32. The van der Waals surface area contributed by atoms with Crippen molar-refractivity contribution in [2.24, 2.45) is 0 Å².